The van der Waals surface area contributed by atoms with Crippen molar-refractivity contribution in [3.63, 3.8) is 0 Å². The number of hydrogen-bond donors (Lipinski definition) is 1. The molecule has 0 spiro atoms. The van der Waals surface area contributed by atoms with Crippen molar-refractivity contribution < 1.29 is 14.3 Å². The van der Waals surface area contributed by atoms with Gasteiger partial charge in [-0.3, -0.25) is 14.5 Å². The van der Waals surface area contributed by atoms with Crippen molar-refractivity contribution >= 4 is 5.91 Å². The average molecular weight is 473 g/mol. The minimum Gasteiger partial charge on any atom is -0.508 e. The standard InChI is InChI=1S/C29H32N2O4/c32-20-4-3-18-11-25-28-7-5-23-26(29(28,22(18)12-20)8-9-30(25)15-17-1-2-17)19(14-28)16-31(23)27(34)24-13-21(33)6-10-35-24/h3-4,6,10,12-13,17,19,23,25-26,32H,1-2,5,7-9,11,14-16H2/t19-,23?,25?,26?,28?,29?/m1/s1. The lowest BCUT2D eigenvalue weighted by atomic mass is 9.43. The molecule has 6 atom stereocenters. The molecule has 1 aromatic carbocycles. The van der Waals surface area contributed by atoms with Gasteiger partial charge in [0.2, 0.25) is 0 Å². The maximum atomic E-state index is 13.6. The molecular formula is C29H32N2O4. The first-order chi connectivity index (χ1) is 17.0. The Hall–Kier alpha value is -2.60. The molecule has 1 amide bonds. The zero-order valence-corrected chi connectivity index (χ0v) is 20.0. The minimum atomic E-state index is -0.192. The summed E-state index contributed by atoms with van der Waals surface area (Å²) in [6.07, 6.45) is 9.62. The van der Waals surface area contributed by atoms with E-state index in [1.54, 1.807) is 0 Å². The van der Waals surface area contributed by atoms with Crippen LogP contribution in [0.25, 0.3) is 0 Å². The Balaban J connectivity index is 1.25. The molecule has 5 unspecified atom stereocenters. The molecule has 4 bridgehead atoms. The molecule has 6 heteroatoms. The molecule has 8 rings (SSSR count). The highest BCUT2D eigenvalue weighted by atomic mass is 16.3. The third-order valence-corrected chi connectivity index (χ3v) is 10.9. The maximum Gasteiger partial charge on any atom is 0.289 e. The molecule has 2 aromatic rings. The van der Waals surface area contributed by atoms with E-state index in [0.29, 0.717) is 23.6 Å². The zero-order chi connectivity index (χ0) is 23.5. The van der Waals surface area contributed by atoms with Crippen molar-refractivity contribution in [1.82, 2.24) is 9.80 Å². The van der Waals surface area contributed by atoms with Gasteiger partial charge >= 0.3 is 0 Å². The number of aromatic hydroxyl groups is 1. The number of likely N-dealkylation sites (tertiary alicyclic amines) is 2. The van der Waals surface area contributed by atoms with Gasteiger partial charge in [0, 0.05) is 42.7 Å². The predicted octanol–water partition coefficient (Wildman–Crippen LogP) is 3.56. The molecule has 6 aliphatic rings. The van der Waals surface area contributed by atoms with Gasteiger partial charge in [-0.1, -0.05) is 6.07 Å². The number of benzene rings is 1. The van der Waals surface area contributed by atoms with E-state index in [4.69, 9.17) is 4.42 Å². The first kappa shape index (κ1) is 20.6. The average Bonchev–Trinajstić information content (AvgIpc) is 3.54. The summed E-state index contributed by atoms with van der Waals surface area (Å²) < 4.78 is 5.49. The van der Waals surface area contributed by atoms with E-state index in [0.717, 1.165) is 51.1 Å². The molecule has 2 saturated heterocycles. The van der Waals surface area contributed by atoms with Gasteiger partial charge in [-0.05, 0) is 97.9 Å². The van der Waals surface area contributed by atoms with Crippen LogP contribution in [-0.2, 0) is 11.8 Å². The molecule has 182 valence electrons. The van der Waals surface area contributed by atoms with Gasteiger partial charge in [-0.15, -0.1) is 0 Å². The van der Waals surface area contributed by atoms with Crippen molar-refractivity contribution in [2.24, 2.45) is 23.2 Å². The van der Waals surface area contributed by atoms with Crippen LogP contribution in [0.5, 0.6) is 5.75 Å². The number of amides is 1. The number of rotatable bonds is 3. The largest absolute Gasteiger partial charge is 0.508 e. The third-order valence-electron chi connectivity index (χ3n) is 10.9. The molecule has 6 nitrogen and oxygen atoms in total. The topological polar surface area (TPSA) is 74.0 Å². The van der Waals surface area contributed by atoms with Crippen LogP contribution >= 0.6 is 0 Å². The molecular weight excluding hydrogens is 440 g/mol. The van der Waals surface area contributed by atoms with Crippen LogP contribution in [0, 0.1) is 23.2 Å². The van der Waals surface area contributed by atoms with E-state index in [2.05, 4.69) is 17.0 Å². The highest BCUT2D eigenvalue weighted by Gasteiger charge is 2.76. The Morgan fingerprint density at radius 2 is 2.03 bits per heavy atom. The van der Waals surface area contributed by atoms with Crippen molar-refractivity contribution in [2.75, 3.05) is 19.6 Å². The zero-order valence-electron chi connectivity index (χ0n) is 20.0. The van der Waals surface area contributed by atoms with Gasteiger partial charge in [0.15, 0.2) is 11.2 Å². The van der Waals surface area contributed by atoms with Crippen LogP contribution in [-0.4, -0.2) is 52.5 Å². The van der Waals surface area contributed by atoms with Gasteiger partial charge < -0.3 is 14.4 Å². The molecule has 1 aromatic heterocycles. The van der Waals surface area contributed by atoms with E-state index >= 15 is 0 Å². The van der Waals surface area contributed by atoms with E-state index < -0.39 is 0 Å². The van der Waals surface area contributed by atoms with Crippen molar-refractivity contribution in [1.29, 1.82) is 0 Å². The lowest BCUT2D eigenvalue weighted by Gasteiger charge is -2.66. The number of phenols is 1. The smallest absolute Gasteiger partial charge is 0.289 e. The highest BCUT2D eigenvalue weighted by Crippen LogP contribution is 2.75. The lowest BCUT2D eigenvalue weighted by molar-refractivity contribution is -0.102. The Kier molecular flexibility index (Phi) is 3.99. The summed E-state index contributed by atoms with van der Waals surface area (Å²) in [5.74, 6) is 2.13. The quantitative estimate of drug-likeness (QED) is 0.740. The normalized spacial score (nSPS) is 38.8. The Morgan fingerprint density at radius 3 is 2.86 bits per heavy atom. The van der Waals surface area contributed by atoms with Crippen LogP contribution in [0.2, 0.25) is 0 Å². The van der Waals surface area contributed by atoms with E-state index in [-0.39, 0.29) is 34.0 Å². The van der Waals surface area contributed by atoms with Crippen molar-refractivity contribution in [3.8, 4) is 5.75 Å². The second-order valence-electron chi connectivity index (χ2n) is 12.3. The molecule has 0 radical (unpaired) electrons. The number of hydrogen-bond acceptors (Lipinski definition) is 5. The monoisotopic (exact) mass is 472 g/mol. The van der Waals surface area contributed by atoms with E-state index in [1.165, 1.54) is 48.9 Å². The second kappa shape index (κ2) is 6.78. The second-order valence-corrected chi connectivity index (χ2v) is 12.3. The molecule has 5 fully saturated rings. The number of piperidine rings is 1. The summed E-state index contributed by atoms with van der Waals surface area (Å²) in [6, 6.07) is 9.52. The Morgan fingerprint density at radius 1 is 1.14 bits per heavy atom. The molecule has 1 N–H and O–H groups in total. The number of fused-ring (bicyclic) bond motifs is 1. The van der Waals surface area contributed by atoms with Crippen LogP contribution in [0.3, 0.4) is 0 Å². The third kappa shape index (κ3) is 2.54. The van der Waals surface area contributed by atoms with Crippen LogP contribution in [0.1, 0.15) is 60.2 Å². The first-order valence-electron chi connectivity index (χ1n) is 13.5. The fourth-order valence-electron chi connectivity index (χ4n) is 9.82. The van der Waals surface area contributed by atoms with Gasteiger partial charge in [0.25, 0.3) is 5.91 Å². The van der Waals surface area contributed by atoms with Crippen LogP contribution < -0.4 is 5.43 Å². The lowest BCUT2D eigenvalue weighted by Crippen LogP contribution is -2.69. The number of nitrogens with zero attached hydrogens (tertiary/aromatic N) is 2. The Labute approximate surface area is 204 Å². The van der Waals surface area contributed by atoms with Gasteiger partial charge in [-0.2, -0.15) is 0 Å². The molecule has 2 aliphatic heterocycles. The van der Waals surface area contributed by atoms with Crippen LogP contribution in [0.4, 0.5) is 0 Å². The predicted molar refractivity (Wildman–Crippen MR) is 129 cm³/mol. The van der Waals surface area contributed by atoms with Gasteiger partial charge in [0.1, 0.15) is 5.75 Å². The van der Waals surface area contributed by atoms with Crippen molar-refractivity contribution in [3.05, 3.63) is 63.7 Å². The molecule has 3 saturated carbocycles. The van der Waals surface area contributed by atoms with E-state index in [1.807, 2.05) is 11.0 Å². The fourth-order valence-corrected chi connectivity index (χ4v) is 9.82. The first-order valence-corrected chi connectivity index (χ1v) is 13.5. The number of carbonyl (C=O) groups is 1. The number of carbonyl (C=O) groups excluding carboxylic acids is 1. The summed E-state index contributed by atoms with van der Waals surface area (Å²) in [4.78, 5) is 30.4. The SMILES string of the molecule is O=C(c1cc(=O)cco1)N1C[C@H]2CC34CCC1C2C31CCN(CC2CC2)C4Cc2ccc(O)cc21. The molecule has 35 heavy (non-hydrogen) atoms. The number of phenolic OH excluding ortho intramolecular Hbond substituents is 1. The van der Waals surface area contributed by atoms with Crippen molar-refractivity contribution in [2.45, 2.75) is 62.4 Å². The minimum absolute atomic E-state index is 0.0180. The highest BCUT2D eigenvalue weighted by molar-refractivity contribution is 5.92. The summed E-state index contributed by atoms with van der Waals surface area (Å²) in [6.45, 7) is 3.11. The summed E-state index contributed by atoms with van der Waals surface area (Å²) in [5, 5.41) is 10.6. The maximum absolute atomic E-state index is 13.6. The molecule has 4 aliphatic carbocycles. The van der Waals surface area contributed by atoms with Gasteiger partial charge in [-0.25, -0.2) is 0 Å². The summed E-state index contributed by atoms with van der Waals surface area (Å²) >= 11 is 0. The Bertz CT molecular complexity index is 1300. The van der Waals surface area contributed by atoms with Gasteiger partial charge in [0.05, 0.1) is 6.26 Å². The fraction of sp³-hybridized carbons (Fsp3) is 0.586. The van der Waals surface area contributed by atoms with Crippen LogP contribution in [0.15, 0.2) is 45.8 Å². The summed E-state index contributed by atoms with van der Waals surface area (Å²) in [5.41, 5.74) is 2.84. The van der Waals surface area contributed by atoms with E-state index in [9.17, 15) is 14.7 Å². The summed E-state index contributed by atoms with van der Waals surface area (Å²) in [7, 11) is 0. The molecule has 3 heterocycles.